The first-order chi connectivity index (χ1) is 19.1. The van der Waals surface area contributed by atoms with Crippen molar-refractivity contribution in [3.05, 3.63) is 35.4 Å². The molecule has 0 aliphatic heterocycles. The summed E-state index contributed by atoms with van der Waals surface area (Å²) in [5.41, 5.74) is 6.90. The van der Waals surface area contributed by atoms with E-state index in [9.17, 15) is 9.59 Å². The van der Waals surface area contributed by atoms with Crippen molar-refractivity contribution in [1.82, 2.24) is 5.32 Å². The average Bonchev–Trinajstić information content (AvgIpc) is 2.89. The van der Waals surface area contributed by atoms with Gasteiger partial charge in [-0.2, -0.15) is 0 Å². The molecule has 4 N–H and O–H groups in total. The van der Waals surface area contributed by atoms with E-state index in [2.05, 4.69) is 17.4 Å². The molecule has 0 radical (unpaired) electrons. The molecular formula is C29H50N2O9. The number of primary amides is 1. The molecule has 11 heteroatoms. The first-order valence-corrected chi connectivity index (χ1v) is 14.0. The number of alkyl carbamates (subject to hydrolysis) is 1. The minimum atomic E-state index is -0.626. The van der Waals surface area contributed by atoms with Crippen molar-refractivity contribution in [3.8, 4) is 0 Å². The van der Waals surface area contributed by atoms with Crippen molar-refractivity contribution < 1.29 is 43.1 Å². The smallest absolute Gasteiger partial charge is 0.407 e. The molecule has 11 nitrogen and oxygen atoms in total. The van der Waals surface area contributed by atoms with Gasteiger partial charge in [-0.3, -0.25) is 4.79 Å². The summed E-state index contributed by atoms with van der Waals surface area (Å²) in [6.07, 6.45) is 1.40. The number of hydrogen-bond acceptors (Lipinski definition) is 9. The molecule has 1 aromatic rings. The van der Waals surface area contributed by atoms with Crippen molar-refractivity contribution in [1.29, 1.82) is 0 Å². The first kappa shape index (κ1) is 35.7. The molecule has 0 fully saturated rings. The van der Waals surface area contributed by atoms with Crippen LogP contribution in [0.25, 0.3) is 0 Å². The van der Waals surface area contributed by atoms with Gasteiger partial charge in [0.15, 0.2) is 0 Å². The van der Waals surface area contributed by atoms with Crippen LogP contribution in [0.3, 0.4) is 0 Å². The van der Waals surface area contributed by atoms with Gasteiger partial charge in [0.25, 0.3) is 0 Å². The predicted octanol–water partition coefficient (Wildman–Crippen LogP) is 2.74. The van der Waals surface area contributed by atoms with Crippen LogP contribution in [0.15, 0.2) is 24.3 Å². The molecule has 0 saturated heterocycles. The fourth-order valence-electron chi connectivity index (χ4n) is 3.53. The molecule has 0 aliphatic rings. The number of ether oxygens (including phenoxy) is 6. The molecule has 40 heavy (non-hydrogen) atoms. The van der Waals surface area contributed by atoms with Crippen LogP contribution < -0.4 is 11.1 Å². The largest absolute Gasteiger partial charge is 0.444 e. The van der Waals surface area contributed by atoms with Crippen LogP contribution in [0.1, 0.15) is 58.1 Å². The zero-order chi connectivity index (χ0) is 29.6. The number of rotatable bonds is 23. The molecule has 0 unspecified atom stereocenters. The summed E-state index contributed by atoms with van der Waals surface area (Å²) in [6, 6.07) is 7.79. The number of amides is 2. The first-order valence-electron chi connectivity index (χ1n) is 14.0. The van der Waals surface area contributed by atoms with Gasteiger partial charge >= 0.3 is 6.09 Å². The van der Waals surface area contributed by atoms with Gasteiger partial charge in [-0.05, 0) is 58.1 Å². The lowest BCUT2D eigenvalue weighted by molar-refractivity contribution is -0.118. The summed E-state index contributed by atoms with van der Waals surface area (Å²) in [6.45, 7) is 11.6. The number of nitrogens with one attached hydrogen (secondary N) is 1. The monoisotopic (exact) mass is 570 g/mol. The van der Waals surface area contributed by atoms with Gasteiger partial charge in [0.1, 0.15) is 5.60 Å². The number of aryl methyl sites for hydroxylation is 1. The van der Waals surface area contributed by atoms with E-state index in [1.165, 1.54) is 5.56 Å². The third-order valence-electron chi connectivity index (χ3n) is 5.61. The van der Waals surface area contributed by atoms with Crippen LogP contribution in [0.5, 0.6) is 0 Å². The Bertz CT molecular complexity index is 800. The molecule has 1 rings (SSSR count). The van der Waals surface area contributed by atoms with E-state index in [1.54, 1.807) is 20.8 Å². The topological polar surface area (TPSA) is 148 Å². The van der Waals surface area contributed by atoms with E-state index in [0.29, 0.717) is 65.9 Å². The molecule has 0 bridgehead atoms. The zero-order valence-electron chi connectivity index (χ0n) is 24.7. The van der Waals surface area contributed by atoms with Crippen LogP contribution in [0.4, 0.5) is 4.79 Å². The number of carbonyl (C=O) groups is 2. The Kier molecular flexibility index (Phi) is 19.2. The summed E-state index contributed by atoms with van der Waals surface area (Å²) < 4.78 is 32.9. The Morgan fingerprint density at radius 1 is 0.875 bits per heavy atom. The Labute approximate surface area is 239 Å². The molecule has 2 atom stereocenters. The Morgan fingerprint density at radius 2 is 1.40 bits per heavy atom. The van der Waals surface area contributed by atoms with Gasteiger partial charge in [-0.25, -0.2) is 4.79 Å². The van der Waals surface area contributed by atoms with E-state index in [0.717, 1.165) is 18.4 Å². The van der Waals surface area contributed by atoms with Gasteiger partial charge in [-0.1, -0.05) is 24.3 Å². The van der Waals surface area contributed by atoms with Crippen molar-refractivity contribution in [2.45, 2.75) is 77.7 Å². The standard InChI is InChI=1S/C29H50N2O9/c1-23(26(11-12-27(30)33)31-28(34)40-29(2,3)4)39-22-25-9-7-24(8-10-25)6-5-14-35-16-18-37-20-21-38-19-17-36-15-13-32/h7-10,23,26,32H,5-6,11-22H2,1-4H3,(H2,30,33)(H,31,34)/t23-,26+/m1/s1. The molecular weight excluding hydrogens is 520 g/mol. The highest BCUT2D eigenvalue weighted by Gasteiger charge is 2.24. The van der Waals surface area contributed by atoms with Gasteiger partial charge in [-0.15, -0.1) is 0 Å². The zero-order valence-corrected chi connectivity index (χ0v) is 24.7. The molecule has 0 saturated carbocycles. The molecule has 0 spiro atoms. The van der Waals surface area contributed by atoms with Crippen LogP contribution in [-0.2, 0) is 46.2 Å². The minimum Gasteiger partial charge on any atom is -0.444 e. The molecule has 0 aromatic heterocycles. The summed E-state index contributed by atoms with van der Waals surface area (Å²) in [4.78, 5) is 23.5. The van der Waals surface area contributed by atoms with E-state index in [1.807, 2.05) is 19.1 Å². The number of carbonyl (C=O) groups excluding carboxylic acids is 2. The highest BCUT2D eigenvalue weighted by molar-refractivity contribution is 5.74. The Morgan fingerprint density at radius 3 is 1.93 bits per heavy atom. The molecule has 1 aromatic carbocycles. The maximum absolute atomic E-state index is 12.2. The second-order valence-corrected chi connectivity index (χ2v) is 10.4. The third-order valence-corrected chi connectivity index (χ3v) is 5.61. The van der Waals surface area contributed by atoms with Gasteiger partial charge in [0.05, 0.1) is 71.6 Å². The number of aliphatic hydroxyl groups is 1. The average molecular weight is 571 g/mol. The maximum atomic E-state index is 12.2. The lowest BCUT2D eigenvalue weighted by atomic mass is 10.1. The minimum absolute atomic E-state index is 0.0203. The van der Waals surface area contributed by atoms with Crippen LogP contribution >= 0.6 is 0 Å². The van der Waals surface area contributed by atoms with E-state index in [4.69, 9.17) is 39.3 Å². The molecule has 0 aliphatic carbocycles. The highest BCUT2D eigenvalue weighted by atomic mass is 16.6. The lowest BCUT2D eigenvalue weighted by Gasteiger charge is -2.27. The fraction of sp³-hybridized carbons (Fsp3) is 0.724. The summed E-state index contributed by atoms with van der Waals surface area (Å²) >= 11 is 0. The molecule has 2 amide bonds. The second kappa shape index (κ2) is 21.5. The normalized spacial score (nSPS) is 13.1. The van der Waals surface area contributed by atoms with Crippen LogP contribution in [-0.4, -0.2) is 94.3 Å². The summed E-state index contributed by atoms with van der Waals surface area (Å²) in [5, 5.41) is 11.4. The number of hydrogen-bond donors (Lipinski definition) is 3. The lowest BCUT2D eigenvalue weighted by Crippen LogP contribution is -2.45. The van der Waals surface area contributed by atoms with E-state index < -0.39 is 23.6 Å². The van der Waals surface area contributed by atoms with Crippen molar-refractivity contribution >= 4 is 12.0 Å². The quantitative estimate of drug-likeness (QED) is 0.169. The second-order valence-electron chi connectivity index (χ2n) is 10.4. The fourth-order valence-corrected chi connectivity index (χ4v) is 3.53. The van der Waals surface area contributed by atoms with Crippen molar-refractivity contribution in [2.24, 2.45) is 5.73 Å². The third kappa shape index (κ3) is 19.7. The SMILES string of the molecule is C[C@@H](OCc1ccc(CCCOCCOCCOCCOCCO)cc1)[C@H](CCC(N)=O)NC(=O)OC(C)(C)C. The number of benzene rings is 1. The summed E-state index contributed by atoms with van der Waals surface area (Å²) in [7, 11) is 0. The van der Waals surface area contributed by atoms with Crippen molar-refractivity contribution in [3.63, 3.8) is 0 Å². The predicted molar refractivity (Wildman–Crippen MR) is 151 cm³/mol. The molecule has 0 heterocycles. The van der Waals surface area contributed by atoms with Gasteiger partial charge < -0.3 is 44.6 Å². The van der Waals surface area contributed by atoms with E-state index >= 15 is 0 Å². The number of aliphatic hydroxyl groups excluding tert-OH is 1. The highest BCUT2D eigenvalue weighted by Crippen LogP contribution is 2.14. The van der Waals surface area contributed by atoms with E-state index in [-0.39, 0.29) is 19.1 Å². The Hall–Kier alpha value is -2.28. The summed E-state index contributed by atoms with van der Waals surface area (Å²) in [5.74, 6) is -0.434. The maximum Gasteiger partial charge on any atom is 0.407 e. The van der Waals surface area contributed by atoms with Crippen LogP contribution in [0.2, 0.25) is 0 Å². The van der Waals surface area contributed by atoms with Gasteiger partial charge in [0.2, 0.25) is 5.91 Å². The number of nitrogens with two attached hydrogens (primary N) is 1. The Balaban J connectivity index is 2.23. The van der Waals surface area contributed by atoms with Gasteiger partial charge in [0, 0.05) is 13.0 Å². The molecule has 230 valence electrons. The van der Waals surface area contributed by atoms with Crippen molar-refractivity contribution in [2.75, 3.05) is 59.5 Å². The van der Waals surface area contributed by atoms with Crippen LogP contribution in [0, 0.1) is 0 Å².